The maximum absolute atomic E-state index is 13.1. The number of ether oxygens (including phenoxy) is 1. The first-order valence-electron chi connectivity index (χ1n) is 10.4. The molecule has 0 spiro atoms. The first-order chi connectivity index (χ1) is 15.5. The monoisotopic (exact) mass is 442 g/mol. The molecule has 0 saturated heterocycles. The highest BCUT2D eigenvalue weighted by Crippen LogP contribution is 2.33. The molecule has 4 aromatic rings. The Hall–Kier alpha value is -3.55. The van der Waals surface area contributed by atoms with E-state index in [0.29, 0.717) is 28.9 Å². The molecule has 5 heteroatoms. The largest absolute Gasteiger partial charge is 0.481 e. The van der Waals surface area contributed by atoms with Crippen molar-refractivity contribution in [3.8, 4) is 29.4 Å². The average molecular weight is 443 g/mol. The van der Waals surface area contributed by atoms with Crippen molar-refractivity contribution >= 4 is 22.5 Å². The van der Waals surface area contributed by atoms with E-state index in [4.69, 9.17) is 22.8 Å². The van der Waals surface area contributed by atoms with Crippen molar-refractivity contribution < 1.29 is 4.74 Å². The van der Waals surface area contributed by atoms with Gasteiger partial charge in [-0.25, -0.2) is 4.79 Å². The smallest absolute Gasteiger partial charge is 0.348 e. The quantitative estimate of drug-likeness (QED) is 0.349. The minimum atomic E-state index is -0.322. The molecule has 1 heterocycles. The zero-order valence-corrected chi connectivity index (χ0v) is 18.8. The first kappa shape index (κ1) is 21.7. The third kappa shape index (κ3) is 4.39. The minimum absolute atomic E-state index is 0.160. The van der Waals surface area contributed by atoms with E-state index in [2.05, 4.69) is 24.8 Å². The van der Waals surface area contributed by atoms with Crippen LogP contribution in [-0.4, -0.2) is 16.2 Å². The van der Waals surface area contributed by atoms with Crippen LogP contribution in [-0.2, 0) is 6.54 Å². The van der Waals surface area contributed by atoms with Gasteiger partial charge in [0.1, 0.15) is 12.4 Å². The van der Waals surface area contributed by atoms with Gasteiger partial charge in [-0.3, -0.25) is 4.57 Å². The molecule has 1 aromatic heterocycles. The van der Waals surface area contributed by atoms with Gasteiger partial charge in [0.25, 0.3) is 0 Å². The fourth-order valence-corrected chi connectivity index (χ4v) is 4.15. The molecule has 0 aliphatic carbocycles. The van der Waals surface area contributed by atoms with E-state index < -0.39 is 0 Å². The van der Waals surface area contributed by atoms with E-state index in [0.717, 1.165) is 27.6 Å². The van der Waals surface area contributed by atoms with E-state index in [1.807, 2.05) is 66.7 Å². The molecule has 0 aliphatic heterocycles. The molecule has 0 atom stereocenters. The summed E-state index contributed by atoms with van der Waals surface area (Å²) in [5.41, 5.74) is 3.86. The van der Waals surface area contributed by atoms with Crippen molar-refractivity contribution in [1.29, 1.82) is 0 Å². The lowest BCUT2D eigenvalue weighted by Gasteiger charge is -2.15. The van der Waals surface area contributed by atoms with Gasteiger partial charge >= 0.3 is 5.69 Å². The SMILES string of the molecule is C#CCOc1ccc2c(c1)c(-c1ccc(C(C)C)c(Cl)c1)nc(=O)n2Cc1ccccc1. The van der Waals surface area contributed by atoms with Gasteiger partial charge in [0.15, 0.2) is 0 Å². The fourth-order valence-electron chi connectivity index (χ4n) is 3.76. The standard InChI is InChI=1S/C27H23ClN2O2/c1-4-14-32-21-11-13-25-23(16-21)26(20-10-12-22(18(2)3)24(28)15-20)29-27(31)30(25)17-19-8-6-5-7-9-19/h1,5-13,15-16,18H,14,17H2,2-3H3. The number of halogens is 1. The summed E-state index contributed by atoms with van der Waals surface area (Å²) in [7, 11) is 0. The normalized spacial score (nSPS) is 11.0. The van der Waals surface area contributed by atoms with E-state index in [-0.39, 0.29) is 12.3 Å². The maximum atomic E-state index is 13.1. The van der Waals surface area contributed by atoms with Crippen molar-refractivity contribution in [1.82, 2.24) is 9.55 Å². The van der Waals surface area contributed by atoms with E-state index in [1.54, 1.807) is 4.57 Å². The summed E-state index contributed by atoms with van der Waals surface area (Å²) in [6.07, 6.45) is 5.35. The van der Waals surface area contributed by atoms with Gasteiger partial charge in [-0.15, -0.1) is 6.42 Å². The number of fused-ring (bicyclic) bond motifs is 1. The number of hydrogen-bond acceptors (Lipinski definition) is 3. The van der Waals surface area contributed by atoms with Gasteiger partial charge in [0.2, 0.25) is 0 Å². The Bertz CT molecular complexity index is 1370. The Morgan fingerprint density at radius 3 is 2.56 bits per heavy atom. The van der Waals surface area contributed by atoms with E-state index >= 15 is 0 Å². The predicted molar refractivity (Wildman–Crippen MR) is 130 cm³/mol. The second-order valence-electron chi connectivity index (χ2n) is 7.88. The molecular weight excluding hydrogens is 420 g/mol. The Morgan fingerprint density at radius 2 is 1.88 bits per heavy atom. The highest BCUT2D eigenvalue weighted by molar-refractivity contribution is 6.31. The zero-order valence-electron chi connectivity index (χ0n) is 18.0. The van der Waals surface area contributed by atoms with E-state index in [9.17, 15) is 4.79 Å². The zero-order chi connectivity index (χ0) is 22.7. The number of hydrogen-bond donors (Lipinski definition) is 0. The van der Waals surface area contributed by atoms with Gasteiger partial charge in [-0.05, 0) is 41.3 Å². The Kier molecular flexibility index (Phi) is 6.30. The minimum Gasteiger partial charge on any atom is -0.481 e. The van der Waals surface area contributed by atoms with Gasteiger partial charge in [0, 0.05) is 16.0 Å². The average Bonchev–Trinajstić information content (AvgIpc) is 2.79. The Labute approximate surface area is 192 Å². The molecule has 0 unspecified atom stereocenters. The molecule has 4 rings (SSSR count). The van der Waals surface area contributed by atoms with Crippen LogP contribution in [0.15, 0.2) is 71.5 Å². The van der Waals surface area contributed by atoms with E-state index in [1.165, 1.54) is 0 Å². The molecule has 4 nitrogen and oxygen atoms in total. The molecule has 160 valence electrons. The summed E-state index contributed by atoms with van der Waals surface area (Å²) in [6.45, 7) is 4.76. The topological polar surface area (TPSA) is 44.1 Å². The summed E-state index contributed by atoms with van der Waals surface area (Å²) in [6, 6.07) is 21.2. The van der Waals surface area contributed by atoms with Crippen molar-refractivity contribution in [2.24, 2.45) is 0 Å². The van der Waals surface area contributed by atoms with Crippen LogP contribution in [0.4, 0.5) is 0 Å². The van der Waals surface area contributed by atoms with Crippen molar-refractivity contribution in [2.75, 3.05) is 6.61 Å². The van der Waals surface area contributed by atoms with Gasteiger partial charge in [0.05, 0.1) is 17.8 Å². The van der Waals surface area contributed by atoms with Crippen LogP contribution in [0, 0.1) is 12.3 Å². The summed E-state index contributed by atoms with van der Waals surface area (Å²) < 4.78 is 7.31. The van der Waals surface area contributed by atoms with Crippen molar-refractivity contribution in [2.45, 2.75) is 26.3 Å². The summed E-state index contributed by atoms with van der Waals surface area (Å²) in [5.74, 6) is 3.39. The van der Waals surface area contributed by atoms with Crippen LogP contribution in [0.3, 0.4) is 0 Å². The molecular formula is C27H23ClN2O2. The molecule has 0 aliphatic rings. The molecule has 32 heavy (non-hydrogen) atoms. The van der Waals surface area contributed by atoms with Gasteiger partial charge in [-0.1, -0.05) is 73.8 Å². The highest BCUT2D eigenvalue weighted by atomic mass is 35.5. The lowest BCUT2D eigenvalue weighted by Crippen LogP contribution is -2.24. The lowest BCUT2D eigenvalue weighted by molar-refractivity contribution is 0.371. The second-order valence-corrected chi connectivity index (χ2v) is 8.28. The Balaban J connectivity index is 1.92. The molecule has 0 fully saturated rings. The van der Waals surface area contributed by atoms with Crippen LogP contribution < -0.4 is 10.4 Å². The number of terminal acetylenes is 1. The summed E-state index contributed by atoms with van der Waals surface area (Å²) in [4.78, 5) is 17.6. The van der Waals surface area contributed by atoms with Crippen LogP contribution in [0.25, 0.3) is 22.2 Å². The van der Waals surface area contributed by atoms with Crippen LogP contribution in [0.1, 0.15) is 30.9 Å². The molecule has 0 bridgehead atoms. The highest BCUT2D eigenvalue weighted by Gasteiger charge is 2.15. The second kappa shape index (κ2) is 9.30. The molecule has 0 N–H and O–H groups in total. The number of aromatic nitrogens is 2. The number of rotatable bonds is 6. The van der Waals surface area contributed by atoms with Crippen molar-refractivity contribution in [3.05, 3.63) is 93.4 Å². The van der Waals surface area contributed by atoms with Crippen LogP contribution in [0.5, 0.6) is 5.75 Å². The lowest BCUT2D eigenvalue weighted by atomic mass is 9.99. The number of benzene rings is 3. The van der Waals surface area contributed by atoms with Crippen LogP contribution >= 0.6 is 11.6 Å². The molecule has 0 radical (unpaired) electrons. The van der Waals surface area contributed by atoms with Crippen molar-refractivity contribution in [3.63, 3.8) is 0 Å². The third-order valence-electron chi connectivity index (χ3n) is 5.35. The molecule has 3 aromatic carbocycles. The Morgan fingerprint density at radius 1 is 1.09 bits per heavy atom. The summed E-state index contributed by atoms with van der Waals surface area (Å²) >= 11 is 6.55. The molecule has 0 amide bonds. The number of nitrogens with zero attached hydrogens (tertiary/aromatic N) is 2. The predicted octanol–water partition coefficient (Wildman–Crippen LogP) is 5.90. The fraction of sp³-hybridized carbons (Fsp3) is 0.185. The molecule has 0 saturated carbocycles. The van der Waals surface area contributed by atoms with Gasteiger partial charge in [-0.2, -0.15) is 4.98 Å². The van der Waals surface area contributed by atoms with Gasteiger partial charge < -0.3 is 4.74 Å². The van der Waals surface area contributed by atoms with Crippen LogP contribution in [0.2, 0.25) is 5.02 Å². The first-order valence-corrected chi connectivity index (χ1v) is 10.8. The maximum Gasteiger partial charge on any atom is 0.348 e. The summed E-state index contributed by atoms with van der Waals surface area (Å²) in [5, 5.41) is 1.45. The third-order valence-corrected chi connectivity index (χ3v) is 5.68.